The fraction of sp³-hybridized carbons (Fsp3) is 0.379. The van der Waals surface area contributed by atoms with Crippen molar-refractivity contribution in [3.8, 4) is 5.75 Å². The van der Waals surface area contributed by atoms with Crippen LogP contribution in [0, 0.1) is 5.92 Å². The minimum absolute atomic E-state index is 0.305. The maximum absolute atomic E-state index is 12.1. The monoisotopic (exact) mass is 474 g/mol. The van der Waals surface area contributed by atoms with E-state index in [1.807, 2.05) is 18.2 Å². The van der Waals surface area contributed by atoms with Crippen molar-refractivity contribution in [2.75, 3.05) is 26.5 Å². The van der Waals surface area contributed by atoms with E-state index in [0.717, 1.165) is 29.3 Å². The van der Waals surface area contributed by atoms with Crippen LogP contribution in [0.3, 0.4) is 0 Å². The SMILES string of the molecule is COc1ccc([S+](C)[O-])cc1CN[C@H]1C2CCN(CC2)[C@H]1C(c1ccccc1)c1ccccc1. The molecule has 1 N–H and O–H groups in total. The number of nitrogens with zero attached hydrogens (tertiary/aromatic N) is 1. The summed E-state index contributed by atoms with van der Waals surface area (Å²) in [6, 6.07) is 28.6. The number of hydrogen-bond donors (Lipinski definition) is 1. The highest BCUT2D eigenvalue weighted by atomic mass is 32.2. The maximum atomic E-state index is 12.1. The van der Waals surface area contributed by atoms with Crippen molar-refractivity contribution in [3.63, 3.8) is 0 Å². The van der Waals surface area contributed by atoms with Crippen LogP contribution in [0.4, 0.5) is 0 Å². The third-order valence-electron chi connectivity index (χ3n) is 7.64. The third kappa shape index (κ3) is 4.76. The van der Waals surface area contributed by atoms with Crippen LogP contribution in [0.1, 0.15) is 35.4 Å². The second-order valence-electron chi connectivity index (χ2n) is 9.50. The first kappa shape index (κ1) is 23.4. The first-order valence-corrected chi connectivity index (χ1v) is 13.8. The summed E-state index contributed by atoms with van der Waals surface area (Å²) in [6.45, 7) is 3.03. The molecule has 2 bridgehead atoms. The van der Waals surface area contributed by atoms with Gasteiger partial charge in [-0.05, 0) is 66.3 Å². The predicted octanol–water partition coefficient (Wildman–Crippen LogP) is 4.82. The molecular formula is C29H34N2O2S. The Balaban J connectivity index is 1.48. The molecule has 0 spiro atoms. The number of fused-ring (bicyclic) bond motifs is 3. The zero-order valence-corrected chi connectivity index (χ0v) is 20.8. The molecule has 34 heavy (non-hydrogen) atoms. The first-order valence-electron chi connectivity index (χ1n) is 12.2. The van der Waals surface area contributed by atoms with E-state index in [4.69, 9.17) is 4.74 Å². The topological polar surface area (TPSA) is 47.6 Å². The molecule has 3 aromatic carbocycles. The lowest BCUT2D eigenvalue weighted by Crippen LogP contribution is -2.64. The summed E-state index contributed by atoms with van der Waals surface area (Å²) in [6.07, 6.45) is 4.20. The Bertz CT molecular complexity index is 1030. The largest absolute Gasteiger partial charge is 0.612 e. The number of nitrogens with one attached hydrogen (secondary N) is 1. The lowest BCUT2D eigenvalue weighted by atomic mass is 9.70. The van der Waals surface area contributed by atoms with Gasteiger partial charge in [-0.25, -0.2) is 0 Å². The molecule has 3 atom stereocenters. The van der Waals surface area contributed by atoms with Crippen LogP contribution in [0.15, 0.2) is 83.8 Å². The normalized spacial score (nSPS) is 24.8. The number of ether oxygens (including phenoxy) is 1. The van der Waals surface area contributed by atoms with Crippen molar-refractivity contribution in [1.82, 2.24) is 10.2 Å². The highest BCUT2D eigenvalue weighted by Crippen LogP contribution is 2.42. The molecule has 178 valence electrons. The molecule has 6 rings (SSSR count). The summed E-state index contributed by atoms with van der Waals surface area (Å²) in [4.78, 5) is 3.55. The van der Waals surface area contributed by atoms with Gasteiger partial charge in [-0.1, -0.05) is 60.7 Å². The van der Waals surface area contributed by atoms with E-state index in [0.29, 0.717) is 30.5 Å². The summed E-state index contributed by atoms with van der Waals surface area (Å²) in [5, 5.41) is 3.96. The average Bonchev–Trinajstić information content (AvgIpc) is 2.89. The third-order valence-corrected chi connectivity index (χ3v) is 8.56. The molecule has 3 fully saturated rings. The van der Waals surface area contributed by atoms with Gasteiger partial charge in [0, 0.05) is 36.2 Å². The predicted molar refractivity (Wildman–Crippen MR) is 139 cm³/mol. The fourth-order valence-electron chi connectivity index (χ4n) is 6.00. The van der Waals surface area contributed by atoms with Gasteiger partial charge < -0.3 is 14.6 Å². The first-order chi connectivity index (χ1) is 16.7. The van der Waals surface area contributed by atoms with Gasteiger partial charge in [-0.2, -0.15) is 0 Å². The molecule has 3 aliphatic rings. The Morgan fingerprint density at radius 1 is 0.971 bits per heavy atom. The number of rotatable bonds is 8. The van der Waals surface area contributed by atoms with Crippen LogP contribution >= 0.6 is 0 Å². The smallest absolute Gasteiger partial charge is 0.152 e. The Labute approximate surface area is 206 Å². The van der Waals surface area contributed by atoms with Crippen LogP contribution in [-0.2, 0) is 17.7 Å². The van der Waals surface area contributed by atoms with E-state index < -0.39 is 11.2 Å². The maximum Gasteiger partial charge on any atom is 0.152 e. The minimum atomic E-state index is -1.02. The van der Waals surface area contributed by atoms with E-state index in [1.54, 1.807) is 13.4 Å². The lowest BCUT2D eigenvalue weighted by molar-refractivity contribution is 0.00461. The van der Waals surface area contributed by atoms with Crippen molar-refractivity contribution >= 4 is 11.2 Å². The van der Waals surface area contributed by atoms with Gasteiger partial charge >= 0.3 is 0 Å². The van der Waals surface area contributed by atoms with Crippen molar-refractivity contribution < 1.29 is 9.29 Å². The van der Waals surface area contributed by atoms with Crippen LogP contribution in [0.2, 0.25) is 0 Å². The van der Waals surface area contributed by atoms with Crippen LogP contribution < -0.4 is 10.1 Å². The molecule has 4 nitrogen and oxygen atoms in total. The Hall–Kier alpha value is -2.31. The molecule has 0 aliphatic carbocycles. The van der Waals surface area contributed by atoms with Crippen LogP contribution in [-0.4, -0.2) is 48.0 Å². The summed E-state index contributed by atoms with van der Waals surface area (Å²) < 4.78 is 17.8. The van der Waals surface area contributed by atoms with E-state index >= 15 is 0 Å². The Morgan fingerprint density at radius 2 is 1.59 bits per heavy atom. The Morgan fingerprint density at radius 3 is 2.15 bits per heavy atom. The molecule has 0 amide bonds. The second kappa shape index (κ2) is 10.5. The number of hydrogen-bond acceptors (Lipinski definition) is 4. The Kier molecular flexibility index (Phi) is 7.26. The quantitative estimate of drug-likeness (QED) is 0.476. The summed E-state index contributed by atoms with van der Waals surface area (Å²) in [7, 11) is 1.71. The number of piperidine rings is 3. The minimum Gasteiger partial charge on any atom is -0.612 e. The summed E-state index contributed by atoms with van der Waals surface area (Å²) >= 11 is -1.02. The standard InChI is InChI=1S/C29H34N2O2S/c1-33-26-14-13-25(34(2)32)19-24(26)20-30-28-23-15-17-31(18-16-23)29(28)27(21-9-5-3-6-10-21)22-11-7-4-8-12-22/h3-14,19,23,27-30H,15-18,20H2,1-2H3/t28-,29-,34?/m0/s1. The van der Waals surface area contributed by atoms with Gasteiger partial charge in [-0.3, -0.25) is 4.90 Å². The molecule has 0 aromatic heterocycles. The second-order valence-corrected chi connectivity index (χ2v) is 10.9. The molecule has 3 aromatic rings. The molecule has 0 radical (unpaired) electrons. The van der Waals surface area contributed by atoms with Gasteiger partial charge in [0.05, 0.1) is 7.11 Å². The molecular weight excluding hydrogens is 440 g/mol. The van der Waals surface area contributed by atoms with Gasteiger partial charge in [0.1, 0.15) is 12.0 Å². The van der Waals surface area contributed by atoms with Crippen LogP contribution in [0.5, 0.6) is 5.75 Å². The molecule has 5 heteroatoms. The van der Waals surface area contributed by atoms with E-state index in [-0.39, 0.29) is 0 Å². The number of methoxy groups -OCH3 is 1. The van der Waals surface area contributed by atoms with E-state index in [2.05, 4.69) is 70.9 Å². The lowest BCUT2D eigenvalue weighted by Gasteiger charge is -2.54. The zero-order chi connectivity index (χ0) is 23.5. The zero-order valence-electron chi connectivity index (χ0n) is 20.0. The fourth-order valence-corrected chi connectivity index (χ4v) is 6.56. The van der Waals surface area contributed by atoms with Crippen molar-refractivity contribution in [2.24, 2.45) is 5.92 Å². The molecule has 1 unspecified atom stereocenters. The molecule has 3 saturated heterocycles. The summed E-state index contributed by atoms with van der Waals surface area (Å²) in [5.41, 5.74) is 3.82. The molecule has 3 heterocycles. The molecule has 3 aliphatic heterocycles. The van der Waals surface area contributed by atoms with Gasteiger partial charge in [-0.15, -0.1) is 0 Å². The van der Waals surface area contributed by atoms with Gasteiger partial charge in [0.25, 0.3) is 0 Å². The van der Waals surface area contributed by atoms with Crippen molar-refractivity contribution in [3.05, 3.63) is 95.6 Å². The highest BCUT2D eigenvalue weighted by Gasteiger charge is 2.46. The number of benzene rings is 3. The van der Waals surface area contributed by atoms with Crippen molar-refractivity contribution in [1.29, 1.82) is 0 Å². The van der Waals surface area contributed by atoms with Crippen molar-refractivity contribution in [2.45, 2.75) is 42.3 Å². The highest BCUT2D eigenvalue weighted by molar-refractivity contribution is 7.90. The van der Waals surface area contributed by atoms with E-state index in [1.165, 1.54) is 24.0 Å². The summed E-state index contributed by atoms with van der Waals surface area (Å²) in [5.74, 6) is 1.81. The van der Waals surface area contributed by atoms with E-state index in [9.17, 15) is 4.55 Å². The average molecular weight is 475 g/mol. The van der Waals surface area contributed by atoms with Gasteiger partial charge in [0.15, 0.2) is 4.90 Å². The molecule has 0 saturated carbocycles. The van der Waals surface area contributed by atoms with Gasteiger partial charge in [0.2, 0.25) is 0 Å². The van der Waals surface area contributed by atoms with Crippen LogP contribution in [0.25, 0.3) is 0 Å².